The molecule has 1 fully saturated rings. The van der Waals surface area contributed by atoms with Gasteiger partial charge in [0.05, 0.1) is 18.3 Å². The molecule has 0 amide bonds. The fourth-order valence-corrected chi connectivity index (χ4v) is 1.85. The molecule has 0 aromatic rings. The Balaban J connectivity index is 2.31. The first-order valence-electron chi connectivity index (χ1n) is 5.72. The quantitative estimate of drug-likeness (QED) is 0.711. The second kappa shape index (κ2) is 5.69. The van der Waals surface area contributed by atoms with Crippen molar-refractivity contribution in [1.82, 2.24) is 0 Å². The van der Waals surface area contributed by atoms with Crippen molar-refractivity contribution in [1.29, 1.82) is 0 Å². The van der Waals surface area contributed by atoms with Crippen molar-refractivity contribution in [2.24, 2.45) is 5.73 Å². The fraction of sp³-hybridized carbons (Fsp3) is 1.00. The molecule has 0 saturated carbocycles. The molecule has 1 rings (SSSR count). The topological polar surface area (TPSA) is 44.5 Å². The summed E-state index contributed by atoms with van der Waals surface area (Å²) in [7, 11) is 0. The predicted octanol–water partition coefficient (Wildman–Crippen LogP) is 1.70. The average molecular weight is 201 g/mol. The van der Waals surface area contributed by atoms with Crippen LogP contribution in [-0.4, -0.2) is 31.5 Å². The van der Waals surface area contributed by atoms with Gasteiger partial charge >= 0.3 is 0 Å². The minimum atomic E-state index is -0.119. The first kappa shape index (κ1) is 12.0. The highest BCUT2D eigenvalue weighted by Gasteiger charge is 2.27. The molecule has 1 atom stereocenters. The Hall–Kier alpha value is -0.120. The van der Waals surface area contributed by atoms with Crippen LogP contribution in [-0.2, 0) is 9.47 Å². The molecule has 1 aliphatic heterocycles. The van der Waals surface area contributed by atoms with Gasteiger partial charge in [0.2, 0.25) is 0 Å². The highest BCUT2D eigenvalue weighted by Crippen LogP contribution is 2.21. The molecule has 3 heteroatoms. The minimum Gasteiger partial charge on any atom is -0.376 e. The summed E-state index contributed by atoms with van der Waals surface area (Å²) < 4.78 is 11.4. The first-order valence-corrected chi connectivity index (χ1v) is 5.72. The summed E-state index contributed by atoms with van der Waals surface area (Å²) >= 11 is 0. The number of rotatable bonds is 6. The van der Waals surface area contributed by atoms with Gasteiger partial charge in [-0.2, -0.15) is 0 Å². The Bertz CT molecular complexity index is 143. The van der Waals surface area contributed by atoms with Crippen LogP contribution in [0.4, 0.5) is 0 Å². The van der Waals surface area contributed by atoms with Gasteiger partial charge in [-0.15, -0.1) is 0 Å². The smallest absolute Gasteiger partial charge is 0.0809 e. The van der Waals surface area contributed by atoms with E-state index < -0.39 is 0 Å². The molecule has 2 N–H and O–H groups in total. The summed E-state index contributed by atoms with van der Waals surface area (Å²) in [4.78, 5) is 0. The molecule has 0 radical (unpaired) electrons. The van der Waals surface area contributed by atoms with Crippen molar-refractivity contribution in [2.45, 2.75) is 51.2 Å². The maximum atomic E-state index is 5.91. The lowest BCUT2D eigenvalue weighted by Crippen LogP contribution is -2.41. The van der Waals surface area contributed by atoms with Gasteiger partial charge < -0.3 is 15.2 Å². The standard InChI is InChI=1S/C11H23NO2/c1-3-11(4-2,9-12)14-8-10-6-5-7-13-10/h10H,3-9,12H2,1-2H3. The maximum absolute atomic E-state index is 5.91. The summed E-state index contributed by atoms with van der Waals surface area (Å²) in [5, 5.41) is 0. The molecule has 0 aliphatic carbocycles. The molecule has 1 aliphatic rings. The molecule has 0 aromatic heterocycles. The van der Waals surface area contributed by atoms with Crippen LogP contribution in [0, 0.1) is 0 Å². The summed E-state index contributed by atoms with van der Waals surface area (Å²) in [6.45, 7) is 6.46. The monoisotopic (exact) mass is 201 g/mol. The second-order valence-electron chi connectivity index (χ2n) is 4.04. The van der Waals surface area contributed by atoms with E-state index in [1.807, 2.05) is 0 Å². The largest absolute Gasteiger partial charge is 0.376 e. The SMILES string of the molecule is CCC(CC)(CN)OCC1CCCO1. The Kier molecular flexibility index (Phi) is 4.85. The van der Waals surface area contributed by atoms with Crippen LogP contribution in [0.1, 0.15) is 39.5 Å². The Labute approximate surface area is 86.9 Å². The van der Waals surface area contributed by atoms with Gasteiger partial charge in [-0.25, -0.2) is 0 Å². The zero-order valence-corrected chi connectivity index (χ0v) is 9.42. The van der Waals surface area contributed by atoms with E-state index in [9.17, 15) is 0 Å². The summed E-state index contributed by atoms with van der Waals surface area (Å²) in [5.74, 6) is 0. The fourth-order valence-electron chi connectivity index (χ4n) is 1.85. The zero-order chi connectivity index (χ0) is 10.4. The number of nitrogens with two attached hydrogens (primary N) is 1. The average Bonchev–Trinajstić information content (AvgIpc) is 2.74. The third-order valence-electron chi connectivity index (χ3n) is 3.26. The van der Waals surface area contributed by atoms with Gasteiger partial charge in [0.25, 0.3) is 0 Å². The maximum Gasteiger partial charge on any atom is 0.0809 e. The van der Waals surface area contributed by atoms with Crippen LogP contribution >= 0.6 is 0 Å². The molecule has 1 saturated heterocycles. The van der Waals surface area contributed by atoms with Gasteiger partial charge in [-0.1, -0.05) is 13.8 Å². The molecule has 0 aromatic carbocycles. The van der Waals surface area contributed by atoms with Crippen LogP contribution in [0.5, 0.6) is 0 Å². The first-order chi connectivity index (χ1) is 6.76. The van der Waals surface area contributed by atoms with E-state index in [2.05, 4.69) is 13.8 Å². The molecule has 0 bridgehead atoms. The Morgan fingerprint density at radius 2 is 2.14 bits per heavy atom. The Morgan fingerprint density at radius 1 is 1.43 bits per heavy atom. The van der Waals surface area contributed by atoms with Crippen LogP contribution in [0.25, 0.3) is 0 Å². The third kappa shape index (κ3) is 2.94. The molecular formula is C11H23NO2. The van der Waals surface area contributed by atoms with E-state index in [4.69, 9.17) is 15.2 Å². The van der Waals surface area contributed by atoms with Crippen molar-refractivity contribution in [3.63, 3.8) is 0 Å². The summed E-state index contributed by atoms with van der Waals surface area (Å²) in [6, 6.07) is 0. The lowest BCUT2D eigenvalue weighted by molar-refractivity contribution is -0.0831. The van der Waals surface area contributed by atoms with Crippen molar-refractivity contribution in [3.05, 3.63) is 0 Å². The number of hydrogen-bond donors (Lipinski definition) is 1. The molecule has 0 spiro atoms. The number of hydrogen-bond acceptors (Lipinski definition) is 3. The molecule has 84 valence electrons. The van der Waals surface area contributed by atoms with E-state index in [0.29, 0.717) is 19.3 Å². The molecular weight excluding hydrogens is 178 g/mol. The summed E-state index contributed by atoms with van der Waals surface area (Å²) in [6.07, 6.45) is 4.56. The van der Waals surface area contributed by atoms with Crippen molar-refractivity contribution in [3.8, 4) is 0 Å². The Morgan fingerprint density at radius 3 is 2.57 bits per heavy atom. The van der Waals surface area contributed by atoms with Crippen LogP contribution in [0.2, 0.25) is 0 Å². The van der Waals surface area contributed by atoms with Gasteiger partial charge in [0.15, 0.2) is 0 Å². The molecule has 1 heterocycles. The van der Waals surface area contributed by atoms with Crippen molar-refractivity contribution >= 4 is 0 Å². The van der Waals surface area contributed by atoms with Gasteiger partial charge in [-0.3, -0.25) is 0 Å². The normalized spacial score (nSPS) is 22.9. The van der Waals surface area contributed by atoms with Gasteiger partial charge in [0, 0.05) is 13.2 Å². The zero-order valence-electron chi connectivity index (χ0n) is 9.42. The van der Waals surface area contributed by atoms with E-state index >= 15 is 0 Å². The minimum absolute atomic E-state index is 0.119. The second-order valence-corrected chi connectivity index (χ2v) is 4.04. The lowest BCUT2D eigenvalue weighted by atomic mass is 9.97. The highest BCUT2D eigenvalue weighted by molar-refractivity contribution is 4.79. The molecule has 14 heavy (non-hydrogen) atoms. The van der Waals surface area contributed by atoms with E-state index in [0.717, 1.165) is 25.9 Å². The molecule has 1 unspecified atom stereocenters. The highest BCUT2D eigenvalue weighted by atomic mass is 16.5. The van der Waals surface area contributed by atoms with E-state index in [1.54, 1.807) is 0 Å². The van der Waals surface area contributed by atoms with Crippen molar-refractivity contribution < 1.29 is 9.47 Å². The third-order valence-corrected chi connectivity index (χ3v) is 3.26. The van der Waals surface area contributed by atoms with Crippen molar-refractivity contribution in [2.75, 3.05) is 19.8 Å². The van der Waals surface area contributed by atoms with E-state index in [1.165, 1.54) is 6.42 Å². The van der Waals surface area contributed by atoms with Crippen LogP contribution in [0.3, 0.4) is 0 Å². The lowest BCUT2D eigenvalue weighted by Gasteiger charge is -2.31. The van der Waals surface area contributed by atoms with Crippen LogP contribution in [0.15, 0.2) is 0 Å². The molecule has 3 nitrogen and oxygen atoms in total. The predicted molar refractivity (Wildman–Crippen MR) is 57.3 cm³/mol. The van der Waals surface area contributed by atoms with Gasteiger partial charge in [0.1, 0.15) is 0 Å². The van der Waals surface area contributed by atoms with Crippen LogP contribution < -0.4 is 5.73 Å². The van der Waals surface area contributed by atoms with Gasteiger partial charge in [-0.05, 0) is 25.7 Å². The summed E-state index contributed by atoms with van der Waals surface area (Å²) in [5.41, 5.74) is 5.63. The number of ether oxygens (including phenoxy) is 2. The van der Waals surface area contributed by atoms with E-state index in [-0.39, 0.29) is 5.60 Å².